The van der Waals surface area contributed by atoms with Gasteiger partial charge in [0.05, 0.1) is 19.9 Å². The molecule has 0 atom stereocenters. The molecule has 0 unspecified atom stereocenters. The number of aryl methyl sites for hydroxylation is 1. The lowest BCUT2D eigenvalue weighted by atomic mass is 10.0. The monoisotopic (exact) mass is 444 g/mol. The summed E-state index contributed by atoms with van der Waals surface area (Å²) >= 11 is 0. The van der Waals surface area contributed by atoms with Crippen LogP contribution in [0, 0.1) is 6.92 Å². The Morgan fingerprint density at radius 3 is 2.79 bits per heavy atom. The van der Waals surface area contributed by atoms with Gasteiger partial charge in [-0.2, -0.15) is 5.10 Å². The van der Waals surface area contributed by atoms with Crippen molar-refractivity contribution in [3.63, 3.8) is 0 Å². The highest BCUT2D eigenvalue weighted by Crippen LogP contribution is 2.26. The van der Waals surface area contributed by atoms with Gasteiger partial charge in [-0.05, 0) is 47.9 Å². The van der Waals surface area contributed by atoms with Gasteiger partial charge in [-0.25, -0.2) is 10.2 Å². The van der Waals surface area contributed by atoms with E-state index in [1.807, 2.05) is 55.5 Å². The molecule has 7 heteroatoms. The molecule has 0 saturated carbocycles. The summed E-state index contributed by atoms with van der Waals surface area (Å²) in [6, 6.07) is 18.6. The van der Waals surface area contributed by atoms with E-state index < -0.39 is 5.63 Å². The van der Waals surface area contributed by atoms with Crippen LogP contribution in [0.2, 0.25) is 0 Å². The number of benzene rings is 3. The highest BCUT2D eigenvalue weighted by Gasteiger charge is 2.07. The molecule has 1 amide bonds. The zero-order valence-corrected chi connectivity index (χ0v) is 18.5. The van der Waals surface area contributed by atoms with Crippen molar-refractivity contribution >= 4 is 33.9 Å². The molecule has 1 N–H and O–H groups in total. The van der Waals surface area contributed by atoms with E-state index in [1.54, 1.807) is 19.4 Å². The molecule has 1 aromatic heterocycles. The molecule has 0 fully saturated rings. The Bertz CT molecular complexity index is 1390. The standard InChI is InChI=1S/C26H24N2O5/c1-17-14-26(30)33-24-15-19(10-11-20(17)24)32-13-5-8-25(29)28-27-16-22-21-7-4-3-6-18(21)9-12-23(22)31-2/h3-4,6-7,9-12,14-16H,5,8,13H2,1-2H3,(H,28,29)/b27-16-. The predicted molar refractivity (Wildman–Crippen MR) is 128 cm³/mol. The average molecular weight is 444 g/mol. The lowest BCUT2D eigenvalue weighted by Crippen LogP contribution is -2.18. The normalized spacial score (nSPS) is 11.2. The van der Waals surface area contributed by atoms with E-state index in [0.29, 0.717) is 30.1 Å². The van der Waals surface area contributed by atoms with E-state index in [2.05, 4.69) is 10.5 Å². The van der Waals surface area contributed by atoms with E-state index in [-0.39, 0.29) is 12.3 Å². The van der Waals surface area contributed by atoms with Gasteiger partial charge in [0.2, 0.25) is 5.91 Å². The van der Waals surface area contributed by atoms with Crippen molar-refractivity contribution < 1.29 is 18.7 Å². The number of fused-ring (bicyclic) bond motifs is 2. The number of methoxy groups -OCH3 is 1. The number of nitrogens with one attached hydrogen (secondary N) is 1. The zero-order chi connectivity index (χ0) is 23.2. The van der Waals surface area contributed by atoms with Gasteiger partial charge in [0, 0.05) is 29.5 Å². The molecule has 0 bridgehead atoms. The summed E-state index contributed by atoms with van der Waals surface area (Å²) in [5.74, 6) is 1.05. The number of hydrogen-bond donors (Lipinski definition) is 1. The third-order valence-electron chi connectivity index (χ3n) is 5.27. The van der Waals surface area contributed by atoms with Crippen molar-refractivity contribution in [3.8, 4) is 11.5 Å². The largest absolute Gasteiger partial charge is 0.496 e. The van der Waals surface area contributed by atoms with E-state index in [0.717, 1.165) is 27.3 Å². The third kappa shape index (κ3) is 5.20. The van der Waals surface area contributed by atoms with Crippen LogP contribution in [0.5, 0.6) is 11.5 Å². The smallest absolute Gasteiger partial charge is 0.336 e. The summed E-state index contributed by atoms with van der Waals surface area (Å²) in [5.41, 5.74) is 4.30. The second kappa shape index (κ2) is 9.99. The molecule has 0 spiro atoms. The third-order valence-corrected chi connectivity index (χ3v) is 5.27. The predicted octanol–water partition coefficient (Wildman–Crippen LogP) is 4.57. The highest BCUT2D eigenvalue weighted by molar-refractivity contribution is 6.02. The first kappa shape index (κ1) is 22.1. The van der Waals surface area contributed by atoms with Crippen LogP contribution in [0.25, 0.3) is 21.7 Å². The number of hydrogen-bond acceptors (Lipinski definition) is 6. The Hall–Kier alpha value is -4.13. The second-order valence-electron chi connectivity index (χ2n) is 7.55. The summed E-state index contributed by atoms with van der Waals surface area (Å²) in [5, 5.41) is 7.02. The number of hydrazone groups is 1. The molecular formula is C26H24N2O5. The van der Waals surface area contributed by atoms with Crippen LogP contribution < -0.4 is 20.5 Å². The van der Waals surface area contributed by atoms with Gasteiger partial charge in [0.25, 0.3) is 0 Å². The zero-order valence-electron chi connectivity index (χ0n) is 18.5. The van der Waals surface area contributed by atoms with Crippen molar-refractivity contribution in [1.82, 2.24) is 5.43 Å². The van der Waals surface area contributed by atoms with Crippen LogP contribution in [-0.4, -0.2) is 25.8 Å². The van der Waals surface area contributed by atoms with Crippen molar-refractivity contribution in [1.29, 1.82) is 0 Å². The van der Waals surface area contributed by atoms with E-state index >= 15 is 0 Å². The van der Waals surface area contributed by atoms with Crippen LogP contribution in [0.1, 0.15) is 24.0 Å². The average Bonchev–Trinajstić information content (AvgIpc) is 2.81. The van der Waals surface area contributed by atoms with Gasteiger partial charge in [0.1, 0.15) is 17.1 Å². The van der Waals surface area contributed by atoms with Crippen molar-refractivity contribution in [2.75, 3.05) is 13.7 Å². The van der Waals surface area contributed by atoms with Gasteiger partial charge in [-0.1, -0.05) is 30.3 Å². The van der Waals surface area contributed by atoms with Gasteiger partial charge >= 0.3 is 5.63 Å². The molecule has 0 radical (unpaired) electrons. The van der Waals surface area contributed by atoms with Crippen LogP contribution in [0.3, 0.4) is 0 Å². The van der Waals surface area contributed by atoms with Gasteiger partial charge < -0.3 is 13.9 Å². The van der Waals surface area contributed by atoms with Crippen molar-refractivity contribution in [2.24, 2.45) is 5.10 Å². The fourth-order valence-corrected chi connectivity index (χ4v) is 3.63. The number of rotatable bonds is 8. The van der Waals surface area contributed by atoms with Gasteiger partial charge in [0.15, 0.2) is 0 Å². The Balaban J connectivity index is 1.30. The molecule has 0 aliphatic carbocycles. The summed E-state index contributed by atoms with van der Waals surface area (Å²) in [6.45, 7) is 2.20. The molecule has 3 aromatic carbocycles. The lowest BCUT2D eigenvalue weighted by Gasteiger charge is -2.08. The first-order chi connectivity index (χ1) is 16.0. The van der Waals surface area contributed by atoms with Crippen LogP contribution in [0.4, 0.5) is 0 Å². The maximum Gasteiger partial charge on any atom is 0.336 e. The first-order valence-electron chi connectivity index (χ1n) is 10.6. The molecule has 0 aliphatic heterocycles. The summed E-state index contributed by atoms with van der Waals surface area (Å²) in [4.78, 5) is 23.7. The molecule has 7 nitrogen and oxygen atoms in total. The molecular weight excluding hydrogens is 420 g/mol. The number of amides is 1. The molecule has 4 aromatic rings. The fourth-order valence-electron chi connectivity index (χ4n) is 3.63. The van der Waals surface area contributed by atoms with E-state index in [9.17, 15) is 9.59 Å². The Morgan fingerprint density at radius 1 is 1.09 bits per heavy atom. The fraction of sp³-hybridized carbons (Fsp3) is 0.192. The maximum atomic E-state index is 12.2. The van der Waals surface area contributed by atoms with Crippen molar-refractivity contribution in [2.45, 2.75) is 19.8 Å². The number of carbonyl (C=O) groups excluding carboxylic acids is 1. The molecule has 33 heavy (non-hydrogen) atoms. The van der Waals surface area contributed by atoms with Gasteiger partial charge in [-0.15, -0.1) is 0 Å². The summed E-state index contributed by atoms with van der Waals surface area (Å²) < 4.78 is 16.4. The van der Waals surface area contributed by atoms with Crippen LogP contribution >= 0.6 is 0 Å². The molecule has 1 heterocycles. The molecule has 168 valence electrons. The van der Waals surface area contributed by atoms with Crippen molar-refractivity contribution in [3.05, 3.63) is 82.2 Å². The minimum Gasteiger partial charge on any atom is -0.496 e. The SMILES string of the molecule is COc1ccc2ccccc2c1/C=N\NC(=O)CCCOc1ccc2c(C)cc(=O)oc2c1. The van der Waals surface area contributed by atoms with E-state index in [4.69, 9.17) is 13.9 Å². The Morgan fingerprint density at radius 2 is 1.94 bits per heavy atom. The van der Waals surface area contributed by atoms with Crippen LogP contribution in [0.15, 0.2) is 75.0 Å². The topological polar surface area (TPSA) is 90.1 Å². The molecule has 0 saturated heterocycles. The molecule has 0 aliphatic rings. The van der Waals surface area contributed by atoms with Crippen LogP contribution in [-0.2, 0) is 4.79 Å². The Kier molecular flexibility index (Phi) is 6.69. The number of ether oxygens (including phenoxy) is 2. The summed E-state index contributed by atoms with van der Waals surface area (Å²) in [6.07, 6.45) is 2.36. The summed E-state index contributed by atoms with van der Waals surface area (Å²) in [7, 11) is 1.60. The second-order valence-corrected chi connectivity index (χ2v) is 7.55. The number of nitrogens with zero attached hydrogens (tertiary/aromatic N) is 1. The Labute approximate surface area is 190 Å². The molecule has 4 rings (SSSR count). The maximum absolute atomic E-state index is 12.2. The van der Waals surface area contributed by atoms with Gasteiger partial charge in [-0.3, -0.25) is 4.79 Å². The quantitative estimate of drug-likeness (QED) is 0.186. The minimum atomic E-state index is -0.393. The highest BCUT2D eigenvalue weighted by atomic mass is 16.5. The lowest BCUT2D eigenvalue weighted by molar-refractivity contribution is -0.121. The number of carbonyl (C=O) groups is 1. The minimum absolute atomic E-state index is 0.214. The first-order valence-corrected chi connectivity index (χ1v) is 10.6. The van der Waals surface area contributed by atoms with E-state index in [1.165, 1.54) is 6.07 Å².